The maximum atomic E-state index is 12.3. The zero-order chi connectivity index (χ0) is 14.0. The molecule has 0 amide bonds. The van der Waals surface area contributed by atoms with E-state index in [-0.39, 0.29) is 17.0 Å². The Labute approximate surface area is 121 Å². The van der Waals surface area contributed by atoms with Gasteiger partial charge in [0.05, 0.1) is 17.0 Å². The van der Waals surface area contributed by atoms with Crippen molar-refractivity contribution < 1.29 is 13.2 Å². The van der Waals surface area contributed by atoms with Crippen molar-refractivity contribution in [2.24, 2.45) is 5.73 Å². The van der Waals surface area contributed by atoms with Gasteiger partial charge in [0, 0.05) is 17.6 Å². The van der Waals surface area contributed by atoms with E-state index in [0.717, 1.165) is 5.56 Å². The number of hydrogen-bond donors (Lipinski definition) is 2. The summed E-state index contributed by atoms with van der Waals surface area (Å²) in [5, 5.41) is 0. The van der Waals surface area contributed by atoms with Crippen LogP contribution in [0.15, 0.2) is 27.6 Å². The first kappa shape index (κ1) is 14.9. The summed E-state index contributed by atoms with van der Waals surface area (Å²) in [5.74, 6) is 0. The smallest absolute Gasteiger partial charge is 0.242 e. The summed E-state index contributed by atoms with van der Waals surface area (Å²) in [6.07, 6.45) is 0.593. The van der Waals surface area contributed by atoms with Gasteiger partial charge in [0.2, 0.25) is 10.0 Å². The zero-order valence-corrected chi connectivity index (χ0v) is 13.0. The molecule has 1 aliphatic rings. The van der Waals surface area contributed by atoms with Crippen LogP contribution < -0.4 is 10.5 Å². The van der Waals surface area contributed by atoms with Crippen LogP contribution in [0, 0.1) is 0 Å². The van der Waals surface area contributed by atoms with E-state index in [0.29, 0.717) is 24.0 Å². The lowest BCUT2D eigenvalue weighted by Gasteiger charge is -2.17. The zero-order valence-electron chi connectivity index (χ0n) is 10.6. The van der Waals surface area contributed by atoms with Gasteiger partial charge in [-0.05, 0) is 47.0 Å². The lowest BCUT2D eigenvalue weighted by Crippen LogP contribution is -2.39. The number of ether oxygens (including phenoxy) is 1. The average Bonchev–Trinajstić information content (AvgIpc) is 2.73. The normalized spacial score (nSPS) is 23.7. The summed E-state index contributed by atoms with van der Waals surface area (Å²) in [6, 6.07) is 4.83. The third-order valence-corrected chi connectivity index (χ3v) is 5.67. The van der Waals surface area contributed by atoms with E-state index in [9.17, 15) is 8.42 Å². The summed E-state index contributed by atoms with van der Waals surface area (Å²) in [4.78, 5) is 0.226. The van der Waals surface area contributed by atoms with Crippen molar-refractivity contribution in [3.05, 3.63) is 28.2 Å². The van der Waals surface area contributed by atoms with Gasteiger partial charge in [0.15, 0.2) is 0 Å². The van der Waals surface area contributed by atoms with Crippen LogP contribution in [0.3, 0.4) is 0 Å². The van der Waals surface area contributed by atoms with Gasteiger partial charge in [-0.15, -0.1) is 0 Å². The Bertz CT molecular complexity index is 562. The molecular formula is C12H17BrN2O3S. The monoisotopic (exact) mass is 348 g/mol. The van der Waals surface area contributed by atoms with Gasteiger partial charge >= 0.3 is 0 Å². The Morgan fingerprint density at radius 2 is 2.26 bits per heavy atom. The molecule has 19 heavy (non-hydrogen) atoms. The largest absolute Gasteiger partial charge is 0.377 e. The molecule has 106 valence electrons. The molecule has 0 radical (unpaired) electrons. The average molecular weight is 349 g/mol. The number of nitrogens with two attached hydrogens (primary N) is 1. The molecule has 0 aromatic heterocycles. The molecule has 5 nitrogen and oxygen atoms in total. The van der Waals surface area contributed by atoms with Crippen LogP contribution in [0.5, 0.6) is 0 Å². The van der Waals surface area contributed by atoms with E-state index in [1.165, 1.54) is 0 Å². The molecule has 1 saturated heterocycles. The molecule has 2 unspecified atom stereocenters. The molecule has 1 aromatic rings. The van der Waals surface area contributed by atoms with Crippen LogP contribution in [-0.4, -0.2) is 27.2 Å². The van der Waals surface area contributed by atoms with Crippen molar-refractivity contribution in [3.8, 4) is 0 Å². The molecule has 2 rings (SSSR count). The van der Waals surface area contributed by atoms with E-state index in [2.05, 4.69) is 20.7 Å². The van der Waals surface area contributed by atoms with Crippen molar-refractivity contribution in [2.45, 2.75) is 36.9 Å². The minimum absolute atomic E-state index is 0.100. The van der Waals surface area contributed by atoms with Gasteiger partial charge in [-0.2, -0.15) is 0 Å². The highest BCUT2D eigenvalue weighted by atomic mass is 79.9. The summed E-state index contributed by atoms with van der Waals surface area (Å²) in [6.45, 7) is 2.83. The third-order valence-electron chi connectivity index (χ3n) is 3.20. The SMILES string of the molecule is CC1OCCC1NS(=O)(=O)c1ccc(CN)cc1Br. The minimum Gasteiger partial charge on any atom is -0.377 e. The molecule has 2 atom stereocenters. The molecule has 3 N–H and O–H groups in total. The predicted octanol–water partition coefficient (Wildman–Crippen LogP) is 1.36. The number of sulfonamides is 1. The molecule has 0 spiro atoms. The maximum Gasteiger partial charge on any atom is 0.242 e. The molecule has 1 heterocycles. The molecule has 1 aromatic carbocycles. The van der Waals surface area contributed by atoms with Gasteiger partial charge in [-0.3, -0.25) is 0 Å². The van der Waals surface area contributed by atoms with Crippen molar-refractivity contribution >= 4 is 26.0 Å². The standard InChI is InChI=1S/C12H17BrN2O3S/c1-8-11(4-5-18-8)15-19(16,17)12-3-2-9(7-14)6-10(12)13/h2-3,6,8,11,15H,4-5,7,14H2,1H3. The van der Waals surface area contributed by atoms with Crippen LogP contribution in [-0.2, 0) is 21.3 Å². The van der Waals surface area contributed by atoms with Crippen molar-refractivity contribution in [1.82, 2.24) is 4.72 Å². The molecule has 0 bridgehead atoms. The summed E-state index contributed by atoms with van der Waals surface area (Å²) in [7, 11) is -3.55. The van der Waals surface area contributed by atoms with Crippen LogP contribution >= 0.6 is 15.9 Å². The van der Waals surface area contributed by atoms with Crippen LogP contribution in [0.1, 0.15) is 18.9 Å². The molecular weight excluding hydrogens is 332 g/mol. The highest BCUT2D eigenvalue weighted by molar-refractivity contribution is 9.10. The summed E-state index contributed by atoms with van der Waals surface area (Å²) < 4.78 is 33.2. The number of halogens is 1. The highest BCUT2D eigenvalue weighted by Crippen LogP contribution is 2.24. The van der Waals surface area contributed by atoms with Crippen molar-refractivity contribution in [3.63, 3.8) is 0 Å². The van der Waals surface area contributed by atoms with Gasteiger partial charge in [0.25, 0.3) is 0 Å². The van der Waals surface area contributed by atoms with E-state index in [1.54, 1.807) is 18.2 Å². The van der Waals surface area contributed by atoms with Crippen molar-refractivity contribution in [1.29, 1.82) is 0 Å². The Hall–Kier alpha value is -0.470. The van der Waals surface area contributed by atoms with Crippen LogP contribution in [0.4, 0.5) is 0 Å². The second kappa shape index (κ2) is 5.88. The Morgan fingerprint density at radius 1 is 1.53 bits per heavy atom. The fourth-order valence-electron chi connectivity index (χ4n) is 2.04. The number of benzene rings is 1. The van der Waals surface area contributed by atoms with Gasteiger partial charge in [0.1, 0.15) is 0 Å². The molecule has 7 heteroatoms. The fourth-order valence-corrected chi connectivity index (χ4v) is 4.50. The van der Waals surface area contributed by atoms with Crippen molar-refractivity contribution in [2.75, 3.05) is 6.61 Å². The van der Waals surface area contributed by atoms with Crippen LogP contribution in [0.25, 0.3) is 0 Å². The lowest BCUT2D eigenvalue weighted by atomic mass is 10.2. The molecule has 1 aliphatic heterocycles. The first-order valence-corrected chi connectivity index (χ1v) is 8.34. The number of nitrogens with one attached hydrogen (secondary N) is 1. The first-order chi connectivity index (χ1) is 8.94. The Morgan fingerprint density at radius 3 is 2.79 bits per heavy atom. The molecule has 0 saturated carbocycles. The topological polar surface area (TPSA) is 81.4 Å². The summed E-state index contributed by atoms with van der Waals surface area (Å²) in [5.41, 5.74) is 6.40. The van der Waals surface area contributed by atoms with Gasteiger partial charge in [-0.25, -0.2) is 13.1 Å². The quantitative estimate of drug-likeness (QED) is 0.860. The highest BCUT2D eigenvalue weighted by Gasteiger charge is 2.30. The second-order valence-electron chi connectivity index (χ2n) is 4.56. The second-order valence-corrected chi connectivity index (χ2v) is 7.10. The third kappa shape index (κ3) is 3.35. The molecule has 1 fully saturated rings. The predicted molar refractivity (Wildman–Crippen MR) is 76.2 cm³/mol. The Kier molecular flexibility index (Phi) is 4.62. The number of hydrogen-bond acceptors (Lipinski definition) is 4. The Balaban J connectivity index is 2.24. The van der Waals surface area contributed by atoms with E-state index < -0.39 is 10.0 Å². The minimum atomic E-state index is -3.55. The summed E-state index contributed by atoms with van der Waals surface area (Å²) >= 11 is 3.28. The number of rotatable bonds is 4. The van der Waals surface area contributed by atoms with Gasteiger partial charge < -0.3 is 10.5 Å². The van der Waals surface area contributed by atoms with Crippen LogP contribution in [0.2, 0.25) is 0 Å². The van der Waals surface area contributed by atoms with E-state index in [4.69, 9.17) is 10.5 Å². The van der Waals surface area contributed by atoms with E-state index in [1.807, 2.05) is 6.92 Å². The van der Waals surface area contributed by atoms with E-state index >= 15 is 0 Å². The maximum absolute atomic E-state index is 12.3. The molecule has 0 aliphatic carbocycles. The first-order valence-electron chi connectivity index (χ1n) is 6.06. The van der Waals surface area contributed by atoms with Gasteiger partial charge in [-0.1, -0.05) is 6.07 Å². The lowest BCUT2D eigenvalue weighted by molar-refractivity contribution is 0.117. The fraction of sp³-hybridized carbons (Fsp3) is 0.500.